The van der Waals surface area contributed by atoms with Gasteiger partial charge in [0.05, 0.1) is 0 Å². The molecule has 0 rings (SSSR count). The molecule has 0 aromatic rings. The van der Waals surface area contributed by atoms with Crippen molar-refractivity contribution in [2.24, 2.45) is 5.92 Å². The Hall–Kier alpha value is -1.10. The van der Waals surface area contributed by atoms with Gasteiger partial charge in [0.1, 0.15) is 19.3 Å². The van der Waals surface area contributed by atoms with Crippen LogP contribution in [0.3, 0.4) is 0 Å². The van der Waals surface area contributed by atoms with Gasteiger partial charge >= 0.3 is 11.9 Å². The lowest BCUT2D eigenvalue weighted by atomic mass is 10.0. The Morgan fingerprint density at radius 3 is 1.00 bits per heavy atom. The Morgan fingerprint density at radius 1 is 0.444 bits per heavy atom. The fourth-order valence-corrected chi connectivity index (χ4v) is 5.98. The number of carbonyl (C=O) groups is 2. The van der Waals surface area contributed by atoms with Gasteiger partial charge in [0.2, 0.25) is 0 Å². The first-order valence-corrected chi connectivity index (χ1v) is 19.9. The van der Waals surface area contributed by atoms with Crippen LogP contribution in [0, 0.1) is 5.92 Å². The van der Waals surface area contributed by atoms with Crippen molar-refractivity contribution < 1.29 is 24.2 Å². The topological polar surface area (TPSA) is 72.8 Å². The number of rotatable bonds is 36. The van der Waals surface area contributed by atoms with E-state index in [0.29, 0.717) is 12.8 Å². The third-order valence-corrected chi connectivity index (χ3v) is 9.02. The molecule has 0 spiro atoms. The Bertz CT molecular complexity index is 620. The van der Waals surface area contributed by atoms with Crippen molar-refractivity contribution in [3.63, 3.8) is 0 Å². The highest BCUT2D eigenvalue weighted by Gasteiger charge is 2.12. The fraction of sp³-hybridized carbons (Fsp3) is 0.950. The minimum Gasteiger partial charge on any atom is -0.463 e. The van der Waals surface area contributed by atoms with E-state index < -0.39 is 6.10 Å². The van der Waals surface area contributed by atoms with E-state index in [9.17, 15) is 14.7 Å². The molecule has 0 heterocycles. The first-order chi connectivity index (χ1) is 22.0. The van der Waals surface area contributed by atoms with Gasteiger partial charge in [-0.2, -0.15) is 0 Å². The molecule has 5 heteroatoms. The van der Waals surface area contributed by atoms with Crippen molar-refractivity contribution in [1.29, 1.82) is 0 Å². The average Bonchev–Trinajstić information content (AvgIpc) is 3.02. The van der Waals surface area contributed by atoms with E-state index in [0.717, 1.165) is 31.6 Å². The number of hydrogen-bond donors (Lipinski definition) is 1. The largest absolute Gasteiger partial charge is 0.463 e. The normalized spacial score (nSPS) is 12.1. The third-order valence-electron chi connectivity index (χ3n) is 9.02. The predicted octanol–water partition coefficient (Wildman–Crippen LogP) is 12.2. The van der Waals surface area contributed by atoms with Gasteiger partial charge in [0.15, 0.2) is 0 Å². The Kier molecular flexibility index (Phi) is 34.9. The van der Waals surface area contributed by atoms with Crippen LogP contribution < -0.4 is 0 Å². The van der Waals surface area contributed by atoms with Crippen molar-refractivity contribution >= 4 is 11.9 Å². The molecule has 0 aliphatic carbocycles. The molecule has 1 N–H and O–H groups in total. The number of esters is 2. The maximum absolute atomic E-state index is 12.0. The van der Waals surface area contributed by atoms with Crippen LogP contribution in [0.15, 0.2) is 0 Å². The Balaban J connectivity index is 3.37. The van der Waals surface area contributed by atoms with E-state index in [1.807, 2.05) is 0 Å². The van der Waals surface area contributed by atoms with E-state index >= 15 is 0 Å². The predicted molar refractivity (Wildman–Crippen MR) is 192 cm³/mol. The van der Waals surface area contributed by atoms with Crippen LogP contribution in [0.4, 0.5) is 0 Å². The number of hydrogen-bond acceptors (Lipinski definition) is 5. The van der Waals surface area contributed by atoms with Crippen molar-refractivity contribution in [3.05, 3.63) is 0 Å². The summed E-state index contributed by atoms with van der Waals surface area (Å²) in [4.78, 5) is 23.9. The molecule has 0 saturated carbocycles. The van der Waals surface area contributed by atoms with Crippen LogP contribution >= 0.6 is 0 Å². The summed E-state index contributed by atoms with van der Waals surface area (Å²) in [5.74, 6) is 0.301. The molecule has 0 saturated heterocycles. The van der Waals surface area contributed by atoms with Gasteiger partial charge in [-0.15, -0.1) is 0 Å². The molecule has 0 aromatic carbocycles. The number of unbranched alkanes of at least 4 members (excludes halogenated alkanes) is 26. The summed E-state index contributed by atoms with van der Waals surface area (Å²) in [6.07, 6.45) is 37.3. The average molecular weight is 639 g/mol. The quantitative estimate of drug-likeness (QED) is 0.0546. The summed E-state index contributed by atoms with van der Waals surface area (Å²) in [7, 11) is 0. The molecule has 5 nitrogen and oxygen atoms in total. The zero-order valence-electron chi connectivity index (χ0n) is 30.6. The van der Waals surface area contributed by atoms with Crippen LogP contribution in [-0.2, 0) is 19.1 Å². The van der Waals surface area contributed by atoms with Gasteiger partial charge in [0.25, 0.3) is 0 Å². The van der Waals surface area contributed by atoms with Gasteiger partial charge in [-0.25, -0.2) is 0 Å². The second kappa shape index (κ2) is 35.7. The van der Waals surface area contributed by atoms with Gasteiger partial charge in [0, 0.05) is 12.8 Å². The van der Waals surface area contributed by atoms with Crippen molar-refractivity contribution in [3.8, 4) is 0 Å². The lowest BCUT2D eigenvalue weighted by Crippen LogP contribution is -2.25. The lowest BCUT2D eigenvalue weighted by Gasteiger charge is -2.12. The van der Waals surface area contributed by atoms with Crippen LogP contribution in [-0.4, -0.2) is 36.4 Å². The van der Waals surface area contributed by atoms with Crippen molar-refractivity contribution in [2.45, 2.75) is 226 Å². The molecule has 0 bridgehead atoms. The molecule has 1 atom stereocenters. The van der Waals surface area contributed by atoms with Crippen LogP contribution in [0.5, 0.6) is 0 Å². The maximum Gasteiger partial charge on any atom is 0.305 e. The van der Waals surface area contributed by atoms with Crippen molar-refractivity contribution in [1.82, 2.24) is 0 Å². The maximum atomic E-state index is 12.0. The summed E-state index contributed by atoms with van der Waals surface area (Å²) in [6, 6.07) is 0. The Labute approximate surface area is 280 Å². The van der Waals surface area contributed by atoms with E-state index in [4.69, 9.17) is 9.47 Å². The van der Waals surface area contributed by atoms with E-state index in [-0.39, 0.29) is 25.2 Å². The highest BCUT2D eigenvalue weighted by molar-refractivity contribution is 5.69. The SMILES string of the molecule is CCCCCCCCCCCCCCCCC(=O)OC[C@H](O)COC(=O)CCCCCCCCCCCCCCCCC(C)C. The van der Waals surface area contributed by atoms with Gasteiger partial charge < -0.3 is 14.6 Å². The zero-order chi connectivity index (χ0) is 33.1. The summed E-state index contributed by atoms with van der Waals surface area (Å²) in [5.41, 5.74) is 0. The van der Waals surface area contributed by atoms with Gasteiger partial charge in [-0.3, -0.25) is 9.59 Å². The smallest absolute Gasteiger partial charge is 0.305 e. The molecule has 0 aliphatic heterocycles. The summed E-state index contributed by atoms with van der Waals surface area (Å²) in [5, 5.41) is 10.0. The fourth-order valence-electron chi connectivity index (χ4n) is 5.98. The molecule has 0 unspecified atom stereocenters. The summed E-state index contributed by atoms with van der Waals surface area (Å²) < 4.78 is 10.3. The van der Waals surface area contributed by atoms with Crippen LogP contribution in [0.1, 0.15) is 220 Å². The number of aliphatic hydroxyl groups is 1. The Morgan fingerprint density at radius 2 is 0.711 bits per heavy atom. The second-order valence-electron chi connectivity index (χ2n) is 14.2. The van der Waals surface area contributed by atoms with Crippen LogP contribution in [0.2, 0.25) is 0 Å². The van der Waals surface area contributed by atoms with Gasteiger partial charge in [-0.1, -0.05) is 194 Å². The van der Waals surface area contributed by atoms with E-state index in [2.05, 4.69) is 20.8 Å². The summed E-state index contributed by atoms with van der Waals surface area (Å²) in [6.45, 7) is 6.68. The zero-order valence-corrected chi connectivity index (χ0v) is 30.6. The first-order valence-electron chi connectivity index (χ1n) is 19.9. The standard InChI is InChI=1S/C40H78O5/c1-4-5-6-7-8-9-10-11-15-18-21-24-27-30-33-39(42)44-35-38(41)36-45-40(43)34-31-28-25-22-19-16-13-12-14-17-20-23-26-29-32-37(2)3/h37-38,41H,4-36H2,1-3H3/t38-/m0/s1. The molecule has 0 fully saturated rings. The number of aliphatic hydroxyl groups excluding tert-OH is 1. The third kappa shape index (κ3) is 37.2. The second-order valence-corrected chi connectivity index (χ2v) is 14.2. The molecule has 0 amide bonds. The van der Waals surface area contributed by atoms with Crippen molar-refractivity contribution in [2.75, 3.05) is 13.2 Å². The minimum absolute atomic E-state index is 0.108. The molecule has 268 valence electrons. The minimum atomic E-state index is -0.955. The molecular weight excluding hydrogens is 560 g/mol. The summed E-state index contributed by atoms with van der Waals surface area (Å²) >= 11 is 0. The number of carbonyl (C=O) groups excluding carboxylic acids is 2. The first kappa shape index (κ1) is 43.9. The molecule has 45 heavy (non-hydrogen) atoms. The molecule has 0 radical (unpaired) electrons. The molecule has 0 aliphatic rings. The van der Waals surface area contributed by atoms with Gasteiger partial charge in [-0.05, 0) is 18.8 Å². The molecule has 0 aromatic heterocycles. The van der Waals surface area contributed by atoms with E-state index in [1.54, 1.807) is 0 Å². The monoisotopic (exact) mass is 639 g/mol. The highest BCUT2D eigenvalue weighted by Crippen LogP contribution is 2.16. The number of ether oxygens (including phenoxy) is 2. The van der Waals surface area contributed by atoms with Crippen LogP contribution in [0.25, 0.3) is 0 Å². The highest BCUT2D eigenvalue weighted by atomic mass is 16.6. The molecular formula is C40H78O5. The van der Waals surface area contributed by atoms with E-state index in [1.165, 1.54) is 161 Å². The lowest BCUT2D eigenvalue weighted by molar-refractivity contribution is -0.152.